The van der Waals surface area contributed by atoms with Crippen molar-refractivity contribution >= 4 is 29.8 Å². The molecule has 0 aliphatic carbocycles. The molecule has 2 aromatic rings. The summed E-state index contributed by atoms with van der Waals surface area (Å²) >= 11 is 1.33. The van der Waals surface area contributed by atoms with Gasteiger partial charge in [-0.1, -0.05) is 11.8 Å². The van der Waals surface area contributed by atoms with E-state index in [1.807, 2.05) is 37.0 Å². The van der Waals surface area contributed by atoms with Crippen LogP contribution in [0.1, 0.15) is 24.3 Å². The first-order valence-electron chi connectivity index (χ1n) is 7.79. The molecule has 1 N–H and O–H groups in total. The molecule has 8 heteroatoms. The minimum atomic E-state index is 0.0862. The molecule has 24 heavy (non-hydrogen) atoms. The highest BCUT2D eigenvalue weighted by atomic mass is 32.2. The minimum Gasteiger partial charge on any atom is -0.462 e. The average Bonchev–Trinajstić information content (AvgIpc) is 3.19. The van der Waals surface area contributed by atoms with Gasteiger partial charge < -0.3 is 14.1 Å². The Morgan fingerprint density at radius 2 is 2.38 bits per heavy atom. The number of carbonyl (C=O) groups is 1. The topological polar surface area (TPSA) is 84.3 Å². The Labute approximate surface area is 144 Å². The van der Waals surface area contributed by atoms with Gasteiger partial charge in [0.1, 0.15) is 17.3 Å². The first kappa shape index (κ1) is 16.8. The zero-order valence-electron chi connectivity index (χ0n) is 13.7. The molecule has 1 unspecified atom stereocenters. The van der Waals surface area contributed by atoms with Crippen molar-refractivity contribution < 1.29 is 13.9 Å². The second kappa shape index (κ2) is 7.67. The fourth-order valence-corrected chi connectivity index (χ4v) is 3.07. The quantitative estimate of drug-likeness (QED) is 0.834. The fraction of sp³-hybridized carbons (Fsp3) is 0.438. The zero-order chi connectivity index (χ0) is 16.9. The maximum atomic E-state index is 12.2. The van der Waals surface area contributed by atoms with Gasteiger partial charge in [-0.3, -0.25) is 9.89 Å². The summed E-state index contributed by atoms with van der Waals surface area (Å²) in [6.45, 7) is 5.76. The van der Waals surface area contributed by atoms with E-state index in [4.69, 9.17) is 9.15 Å². The van der Waals surface area contributed by atoms with Gasteiger partial charge in [-0.25, -0.2) is 4.98 Å². The Balaban J connectivity index is 1.50. The van der Waals surface area contributed by atoms with E-state index < -0.39 is 0 Å². The van der Waals surface area contributed by atoms with Crippen LogP contribution in [0.5, 0.6) is 0 Å². The molecule has 1 aliphatic heterocycles. The van der Waals surface area contributed by atoms with Gasteiger partial charge in [-0.2, -0.15) is 0 Å². The van der Waals surface area contributed by atoms with Gasteiger partial charge in [0.15, 0.2) is 0 Å². The molecule has 3 rings (SSSR count). The summed E-state index contributed by atoms with van der Waals surface area (Å²) in [6.07, 6.45) is 3.71. The van der Waals surface area contributed by atoms with Crippen molar-refractivity contribution in [3.05, 3.63) is 29.5 Å². The molecule has 1 amide bonds. The number of nitrogens with one attached hydrogen (secondary N) is 1. The van der Waals surface area contributed by atoms with Crippen molar-refractivity contribution in [2.24, 2.45) is 0 Å². The van der Waals surface area contributed by atoms with E-state index in [9.17, 15) is 4.79 Å². The Morgan fingerprint density at radius 3 is 3.12 bits per heavy atom. The number of morpholine rings is 1. The Bertz CT molecular complexity index is 724. The van der Waals surface area contributed by atoms with Crippen molar-refractivity contribution in [3.63, 3.8) is 0 Å². The third-order valence-electron chi connectivity index (χ3n) is 3.57. The molecule has 7 nitrogen and oxygen atoms in total. The number of hydrogen-bond donors (Lipinski definition) is 1. The highest BCUT2D eigenvalue weighted by molar-refractivity contribution is 7.99. The van der Waals surface area contributed by atoms with Crippen LogP contribution < -0.4 is 0 Å². The summed E-state index contributed by atoms with van der Waals surface area (Å²) in [4.78, 5) is 18.4. The Kier molecular flexibility index (Phi) is 5.37. The maximum Gasteiger partial charge on any atom is 0.233 e. The number of carbonyl (C=O) groups excluding carboxylic acids is 1. The lowest BCUT2D eigenvalue weighted by molar-refractivity contribution is -0.135. The van der Waals surface area contributed by atoms with Gasteiger partial charge in [0.2, 0.25) is 11.1 Å². The molecular weight excluding hydrogens is 328 g/mol. The van der Waals surface area contributed by atoms with Crippen LogP contribution in [0.15, 0.2) is 21.7 Å². The van der Waals surface area contributed by atoms with Crippen molar-refractivity contribution in [3.8, 4) is 0 Å². The normalized spacial score (nSPS) is 18.4. The fourth-order valence-electron chi connectivity index (χ4n) is 2.36. The number of aromatic amines is 1. The zero-order valence-corrected chi connectivity index (χ0v) is 14.5. The third-order valence-corrected chi connectivity index (χ3v) is 4.40. The predicted octanol–water partition coefficient (Wildman–Crippen LogP) is 2.22. The number of nitrogens with zero attached hydrogens (tertiary/aromatic N) is 3. The van der Waals surface area contributed by atoms with Gasteiger partial charge in [-0.05, 0) is 38.1 Å². The summed E-state index contributed by atoms with van der Waals surface area (Å²) < 4.78 is 10.9. The van der Waals surface area contributed by atoms with E-state index in [1.54, 1.807) is 6.08 Å². The van der Waals surface area contributed by atoms with Crippen LogP contribution >= 0.6 is 11.8 Å². The second-order valence-corrected chi connectivity index (χ2v) is 6.54. The highest BCUT2D eigenvalue weighted by Crippen LogP contribution is 2.16. The van der Waals surface area contributed by atoms with E-state index in [-0.39, 0.29) is 12.0 Å². The Morgan fingerprint density at radius 1 is 1.50 bits per heavy atom. The highest BCUT2D eigenvalue weighted by Gasteiger charge is 2.21. The van der Waals surface area contributed by atoms with Gasteiger partial charge >= 0.3 is 0 Å². The molecule has 3 heterocycles. The summed E-state index contributed by atoms with van der Waals surface area (Å²) in [5.74, 6) is 2.65. The number of hydrogen-bond acceptors (Lipinski definition) is 6. The van der Waals surface area contributed by atoms with E-state index in [2.05, 4.69) is 15.2 Å². The smallest absolute Gasteiger partial charge is 0.233 e. The average molecular weight is 348 g/mol. The minimum absolute atomic E-state index is 0.0862. The van der Waals surface area contributed by atoms with Crippen molar-refractivity contribution in [1.82, 2.24) is 20.1 Å². The standard InChI is InChI=1S/C16H20N4O3S/c1-11-3-4-13(23-11)5-6-14-17-16(19-18-14)24-10-15(21)20-7-8-22-12(2)9-20/h3-6,12H,7-10H2,1-2H3,(H,17,18,19). The van der Waals surface area contributed by atoms with Crippen molar-refractivity contribution in [2.45, 2.75) is 25.1 Å². The number of thioether (sulfide) groups is 1. The number of furan rings is 1. The largest absolute Gasteiger partial charge is 0.462 e. The summed E-state index contributed by atoms with van der Waals surface area (Å²) in [5, 5.41) is 7.51. The summed E-state index contributed by atoms with van der Waals surface area (Å²) in [5.41, 5.74) is 0. The van der Waals surface area contributed by atoms with Gasteiger partial charge in [0, 0.05) is 13.1 Å². The molecular formula is C16H20N4O3S. The van der Waals surface area contributed by atoms with Crippen molar-refractivity contribution in [1.29, 1.82) is 0 Å². The molecule has 1 aliphatic rings. The lowest BCUT2D eigenvalue weighted by atomic mass is 10.3. The van der Waals surface area contributed by atoms with Crippen LogP contribution in [-0.4, -0.2) is 57.5 Å². The second-order valence-electron chi connectivity index (χ2n) is 5.59. The van der Waals surface area contributed by atoms with Gasteiger partial charge in [0.05, 0.1) is 18.5 Å². The molecule has 1 fully saturated rings. The van der Waals surface area contributed by atoms with Crippen LogP contribution in [0, 0.1) is 6.92 Å². The first-order chi connectivity index (χ1) is 11.6. The van der Waals surface area contributed by atoms with Crippen molar-refractivity contribution in [2.75, 3.05) is 25.4 Å². The van der Waals surface area contributed by atoms with Crippen LogP contribution in [0.3, 0.4) is 0 Å². The van der Waals surface area contributed by atoms with Gasteiger partial charge in [-0.15, -0.1) is 5.10 Å². The summed E-state index contributed by atoms with van der Waals surface area (Å²) in [7, 11) is 0. The maximum absolute atomic E-state index is 12.2. The van der Waals surface area contributed by atoms with E-state index in [0.717, 1.165) is 11.5 Å². The molecule has 128 valence electrons. The van der Waals surface area contributed by atoms with Crippen LogP contribution in [-0.2, 0) is 9.53 Å². The molecule has 1 saturated heterocycles. The SMILES string of the molecule is Cc1ccc(C=Cc2nc(SCC(=O)N3CCOC(C)C3)n[nH]2)o1. The lowest BCUT2D eigenvalue weighted by Gasteiger charge is -2.31. The predicted molar refractivity (Wildman–Crippen MR) is 91.5 cm³/mol. The number of aryl methyl sites for hydroxylation is 1. The van der Waals surface area contributed by atoms with Crippen LogP contribution in [0.2, 0.25) is 0 Å². The molecule has 0 bridgehead atoms. The monoisotopic (exact) mass is 348 g/mol. The summed E-state index contributed by atoms with van der Waals surface area (Å²) in [6, 6.07) is 3.79. The number of ether oxygens (including phenoxy) is 1. The number of H-pyrrole nitrogens is 1. The number of amides is 1. The van der Waals surface area contributed by atoms with Gasteiger partial charge in [0.25, 0.3) is 0 Å². The Hall–Kier alpha value is -2.06. The van der Waals surface area contributed by atoms with E-state index in [1.165, 1.54) is 11.8 Å². The molecule has 0 saturated carbocycles. The van der Waals surface area contributed by atoms with E-state index >= 15 is 0 Å². The molecule has 1 atom stereocenters. The third kappa shape index (κ3) is 4.48. The molecule has 0 aromatic carbocycles. The number of rotatable bonds is 5. The van der Waals surface area contributed by atoms with Crippen LogP contribution in [0.4, 0.5) is 0 Å². The van der Waals surface area contributed by atoms with E-state index in [0.29, 0.717) is 36.4 Å². The molecule has 0 radical (unpaired) electrons. The van der Waals surface area contributed by atoms with Crippen LogP contribution in [0.25, 0.3) is 12.2 Å². The molecule has 2 aromatic heterocycles. The lowest BCUT2D eigenvalue weighted by Crippen LogP contribution is -2.45. The molecule has 0 spiro atoms. The first-order valence-corrected chi connectivity index (χ1v) is 8.78. The number of aromatic nitrogens is 3.